The maximum absolute atomic E-state index is 10.7. The van der Waals surface area contributed by atoms with Crippen molar-refractivity contribution in [3.63, 3.8) is 0 Å². The smallest absolute Gasteiger partial charge is 0.313 e. The van der Waals surface area contributed by atoms with E-state index in [9.17, 15) is 9.59 Å². The summed E-state index contributed by atoms with van der Waals surface area (Å²) in [6.07, 6.45) is 0.986. The number of carboxylic acid groups (broad SMARTS) is 2. The second-order valence-electron chi connectivity index (χ2n) is 2.74. The molecule has 0 aliphatic carbocycles. The lowest BCUT2D eigenvalue weighted by Crippen LogP contribution is -2.16. The van der Waals surface area contributed by atoms with Crippen molar-refractivity contribution in [2.45, 2.75) is 12.3 Å². The van der Waals surface area contributed by atoms with Gasteiger partial charge in [0.05, 0.1) is 12.1 Å². The second-order valence-corrected chi connectivity index (χ2v) is 2.74. The van der Waals surface area contributed by atoms with E-state index in [1.807, 2.05) is 0 Å². The van der Waals surface area contributed by atoms with Crippen LogP contribution in [0.4, 0.5) is 0 Å². The molecule has 1 rings (SSSR count). The van der Waals surface area contributed by atoms with Crippen LogP contribution in [-0.4, -0.2) is 27.1 Å². The van der Waals surface area contributed by atoms with E-state index in [-0.39, 0.29) is 5.69 Å². The molecule has 14 heavy (non-hydrogen) atoms. The van der Waals surface area contributed by atoms with Crippen molar-refractivity contribution < 1.29 is 19.8 Å². The minimum atomic E-state index is -1.17. The lowest BCUT2D eigenvalue weighted by Gasteiger charge is -2.07. The zero-order valence-electron chi connectivity index (χ0n) is 7.25. The average molecular weight is 195 g/mol. The number of carboxylic acids is 2. The summed E-state index contributed by atoms with van der Waals surface area (Å²) in [6.45, 7) is 0. The van der Waals surface area contributed by atoms with Gasteiger partial charge in [0.25, 0.3) is 0 Å². The summed E-state index contributed by atoms with van der Waals surface area (Å²) in [6, 6.07) is 4.77. The van der Waals surface area contributed by atoms with Crippen LogP contribution >= 0.6 is 0 Å². The van der Waals surface area contributed by atoms with Gasteiger partial charge < -0.3 is 10.2 Å². The molecule has 1 atom stereocenters. The van der Waals surface area contributed by atoms with Gasteiger partial charge in [-0.1, -0.05) is 6.07 Å². The van der Waals surface area contributed by atoms with Gasteiger partial charge >= 0.3 is 11.9 Å². The van der Waals surface area contributed by atoms with Gasteiger partial charge in [-0.15, -0.1) is 0 Å². The molecule has 0 aliphatic rings. The van der Waals surface area contributed by atoms with Gasteiger partial charge in [-0.3, -0.25) is 14.6 Å². The first-order valence-corrected chi connectivity index (χ1v) is 3.97. The number of aliphatic carboxylic acids is 2. The molecule has 0 spiro atoms. The summed E-state index contributed by atoms with van der Waals surface area (Å²) in [5.41, 5.74) is 0.266. The van der Waals surface area contributed by atoms with E-state index >= 15 is 0 Å². The molecule has 0 amide bonds. The van der Waals surface area contributed by atoms with E-state index in [1.54, 1.807) is 12.1 Å². The Kier molecular flexibility index (Phi) is 3.17. The normalized spacial score (nSPS) is 12.0. The molecule has 2 N–H and O–H groups in total. The van der Waals surface area contributed by atoms with Crippen LogP contribution in [0.5, 0.6) is 0 Å². The highest BCUT2D eigenvalue weighted by Gasteiger charge is 2.23. The van der Waals surface area contributed by atoms with Crippen LogP contribution in [-0.2, 0) is 9.59 Å². The predicted octanol–water partition coefficient (Wildman–Crippen LogP) is 0.725. The molecule has 5 nitrogen and oxygen atoms in total. The van der Waals surface area contributed by atoms with E-state index in [2.05, 4.69) is 4.98 Å². The van der Waals surface area contributed by atoms with Crippen LogP contribution in [0, 0.1) is 0 Å². The van der Waals surface area contributed by atoms with Crippen molar-refractivity contribution >= 4 is 11.9 Å². The van der Waals surface area contributed by atoms with Crippen molar-refractivity contribution in [1.82, 2.24) is 4.98 Å². The molecular formula is C9H9NO4. The molecule has 1 unspecified atom stereocenters. The van der Waals surface area contributed by atoms with E-state index < -0.39 is 24.3 Å². The fourth-order valence-electron chi connectivity index (χ4n) is 1.08. The van der Waals surface area contributed by atoms with Gasteiger partial charge in [-0.05, 0) is 12.1 Å². The molecule has 0 saturated carbocycles. The molecule has 1 heterocycles. The molecule has 0 aliphatic heterocycles. The zero-order chi connectivity index (χ0) is 10.6. The second kappa shape index (κ2) is 4.36. The fourth-order valence-corrected chi connectivity index (χ4v) is 1.08. The number of hydrogen-bond donors (Lipinski definition) is 2. The van der Waals surface area contributed by atoms with Crippen molar-refractivity contribution in [3.8, 4) is 0 Å². The number of nitrogens with zero attached hydrogens (tertiary/aromatic N) is 1. The number of pyridine rings is 1. The lowest BCUT2D eigenvalue weighted by atomic mass is 10.0. The third kappa shape index (κ3) is 2.55. The number of rotatable bonds is 4. The maximum atomic E-state index is 10.7. The summed E-state index contributed by atoms with van der Waals surface area (Å²) < 4.78 is 0. The number of hydrogen-bond acceptors (Lipinski definition) is 3. The van der Waals surface area contributed by atoms with Gasteiger partial charge in [-0.25, -0.2) is 0 Å². The Morgan fingerprint density at radius 3 is 2.50 bits per heavy atom. The first kappa shape index (κ1) is 10.2. The van der Waals surface area contributed by atoms with Gasteiger partial charge in [0, 0.05) is 6.20 Å². The summed E-state index contributed by atoms with van der Waals surface area (Å²) in [5, 5.41) is 17.3. The monoisotopic (exact) mass is 195 g/mol. The standard InChI is InChI=1S/C9H9NO4/c11-8(12)5-6(9(13)14)7-3-1-2-4-10-7/h1-4,6H,5H2,(H,11,12)(H,13,14). The minimum Gasteiger partial charge on any atom is -0.481 e. The Hall–Kier alpha value is -1.91. The topological polar surface area (TPSA) is 87.5 Å². The van der Waals surface area contributed by atoms with E-state index in [1.165, 1.54) is 12.3 Å². The first-order valence-electron chi connectivity index (χ1n) is 3.97. The van der Waals surface area contributed by atoms with Crippen LogP contribution in [0.1, 0.15) is 18.0 Å². The Balaban J connectivity index is 2.89. The maximum Gasteiger partial charge on any atom is 0.313 e. The van der Waals surface area contributed by atoms with Gasteiger partial charge in [0.2, 0.25) is 0 Å². The average Bonchev–Trinajstić information content (AvgIpc) is 2.15. The van der Waals surface area contributed by atoms with Crippen molar-refractivity contribution in [2.75, 3.05) is 0 Å². The van der Waals surface area contributed by atoms with Crippen LogP contribution in [0.3, 0.4) is 0 Å². The predicted molar refractivity (Wildman–Crippen MR) is 46.9 cm³/mol. The summed E-state index contributed by atoms with van der Waals surface area (Å²) in [7, 11) is 0. The third-order valence-electron chi connectivity index (χ3n) is 1.72. The zero-order valence-corrected chi connectivity index (χ0v) is 7.25. The highest BCUT2D eigenvalue weighted by atomic mass is 16.4. The van der Waals surface area contributed by atoms with Crippen molar-refractivity contribution in [2.24, 2.45) is 0 Å². The van der Waals surface area contributed by atoms with E-state index in [4.69, 9.17) is 10.2 Å². The highest BCUT2D eigenvalue weighted by Crippen LogP contribution is 2.17. The molecule has 1 aromatic heterocycles. The summed E-state index contributed by atoms with van der Waals surface area (Å²) in [5.74, 6) is -3.40. The van der Waals surface area contributed by atoms with Gasteiger partial charge in [-0.2, -0.15) is 0 Å². The molecule has 0 bridgehead atoms. The lowest BCUT2D eigenvalue weighted by molar-refractivity contribution is -0.145. The van der Waals surface area contributed by atoms with Crippen molar-refractivity contribution in [1.29, 1.82) is 0 Å². The summed E-state index contributed by atoms with van der Waals surface area (Å²) >= 11 is 0. The molecule has 0 radical (unpaired) electrons. The number of aromatic nitrogens is 1. The molecular weight excluding hydrogens is 186 g/mol. The Morgan fingerprint density at radius 2 is 2.07 bits per heavy atom. The molecule has 74 valence electrons. The first-order chi connectivity index (χ1) is 6.61. The third-order valence-corrected chi connectivity index (χ3v) is 1.72. The van der Waals surface area contributed by atoms with Crippen LogP contribution in [0.15, 0.2) is 24.4 Å². The van der Waals surface area contributed by atoms with Crippen LogP contribution in [0.2, 0.25) is 0 Å². The Bertz CT molecular complexity index is 336. The molecule has 0 saturated heterocycles. The van der Waals surface area contributed by atoms with E-state index in [0.717, 1.165) is 0 Å². The molecule has 1 aromatic rings. The Morgan fingerprint density at radius 1 is 1.36 bits per heavy atom. The molecule has 0 aromatic carbocycles. The summed E-state index contributed by atoms with van der Waals surface area (Å²) in [4.78, 5) is 24.9. The van der Waals surface area contributed by atoms with Crippen LogP contribution in [0.25, 0.3) is 0 Å². The quantitative estimate of drug-likeness (QED) is 0.739. The van der Waals surface area contributed by atoms with Crippen molar-refractivity contribution in [3.05, 3.63) is 30.1 Å². The minimum absolute atomic E-state index is 0.266. The highest BCUT2D eigenvalue weighted by molar-refractivity contribution is 5.81. The molecule has 0 fully saturated rings. The van der Waals surface area contributed by atoms with Crippen LogP contribution < -0.4 is 0 Å². The van der Waals surface area contributed by atoms with Gasteiger partial charge in [0.15, 0.2) is 0 Å². The fraction of sp³-hybridized carbons (Fsp3) is 0.222. The van der Waals surface area contributed by atoms with E-state index in [0.29, 0.717) is 0 Å². The number of carbonyl (C=O) groups is 2. The largest absolute Gasteiger partial charge is 0.481 e. The Labute approximate surface area is 80.0 Å². The SMILES string of the molecule is O=C(O)CC(C(=O)O)c1ccccn1. The van der Waals surface area contributed by atoms with Gasteiger partial charge in [0.1, 0.15) is 5.92 Å². The molecule has 5 heteroatoms.